The monoisotopic (exact) mass is 195 g/mol. The van der Waals surface area contributed by atoms with Gasteiger partial charge in [-0.2, -0.15) is 5.10 Å². The van der Waals surface area contributed by atoms with Gasteiger partial charge in [0.15, 0.2) is 0 Å². The number of carbonyl (C=O) groups excluding carboxylic acids is 1. The Morgan fingerprint density at radius 1 is 1.71 bits per heavy atom. The molecule has 14 heavy (non-hydrogen) atoms. The number of H-pyrrole nitrogens is 1. The molecule has 1 amide bonds. The second-order valence-corrected chi connectivity index (χ2v) is 3.52. The van der Waals surface area contributed by atoms with E-state index in [4.69, 9.17) is 0 Å². The lowest BCUT2D eigenvalue weighted by molar-refractivity contribution is 0.0469. The third-order valence-corrected chi connectivity index (χ3v) is 2.41. The van der Waals surface area contributed by atoms with Crippen LogP contribution in [0.1, 0.15) is 23.3 Å². The maximum absolute atomic E-state index is 11.7. The molecular formula is C9H13N3O2. The van der Waals surface area contributed by atoms with E-state index >= 15 is 0 Å². The average molecular weight is 195 g/mol. The molecule has 1 fully saturated rings. The number of aliphatic hydroxyl groups is 1. The van der Waals surface area contributed by atoms with Gasteiger partial charge in [-0.1, -0.05) is 0 Å². The highest BCUT2D eigenvalue weighted by atomic mass is 16.3. The highest BCUT2D eigenvalue weighted by Gasteiger charge is 2.23. The first kappa shape index (κ1) is 9.21. The average Bonchev–Trinajstić information content (AvgIpc) is 2.69. The second-order valence-electron chi connectivity index (χ2n) is 3.52. The highest BCUT2D eigenvalue weighted by Crippen LogP contribution is 2.12. The van der Waals surface area contributed by atoms with E-state index in [1.807, 2.05) is 0 Å². The molecule has 0 bridgehead atoms. The minimum Gasteiger partial charge on any atom is -0.391 e. The van der Waals surface area contributed by atoms with Gasteiger partial charge in [0.2, 0.25) is 0 Å². The van der Waals surface area contributed by atoms with Gasteiger partial charge >= 0.3 is 0 Å². The van der Waals surface area contributed by atoms with Crippen molar-refractivity contribution >= 4 is 5.91 Å². The van der Waals surface area contributed by atoms with Crippen LogP contribution in [0.15, 0.2) is 12.3 Å². The lowest BCUT2D eigenvalue weighted by Gasteiger charge is -2.29. The second kappa shape index (κ2) is 3.79. The van der Waals surface area contributed by atoms with Gasteiger partial charge in [0.05, 0.1) is 6.10 Å². The molecule has 76 valence electrons. The maximum Gasteiger partial charge on any atom is 0.271 e. The Balaban J connectivity index is 2.04. The molecule has 5 nitrogen and oxygen atoms in total. The topological polar surface area (TPSA) is 69.2 Å². The van der Waals surface area contributed by atoms with Gasteiger partial charge in [-0.05, 0) is 18.9 Å². The number of aromatic nitrogens is 2. The van der Waals surface area contributed by atoms with Crippen molar-refractivity contribution in [1.82, 2.24) is 15.1 Å². The standard InChI is InChI=1S/C9H13N3O2/c13-7-2-1-5-12(6-7)9(14)8-3-4-10-11-8/h3-4,7,13H,1-2,5-6H2,(H,10,11)/t7-/m0/s1. The van der Waals surface area contributed by atoms with Crippen LogP contribution in [0.25, 0.3) is 0 Å². The molecule has 1 aliphatic heterocycles. The molecule has 0 unspecified atom stereocenters. The van der Waals surface area contributed by atoms with Crippen LogP contribution < -0.4 is 0 Å². The van der Waals surface area contributed by atoms with Gasteiger partial charge in [-0.3, -0.25) is 9.89 Å². The Hall–Kier alpha value is -1.36. The first-order valence-electron chi connectivity index (χ1n) is 4.74. The van der Waals surface area contributed by atoms with Gasteiger partial charge < -0.3 is 10.0 Å². The molecule has 0 radical (unpaired) electrons. The van der Waals surface area contributed by atoms with E-state index in [0.29, 0.717) is 12.2 Å². The van der Waals surface area contributed by atoms with Crippen LogP contribution in [0, 0.1) is 0 Å². The third kappa shape index (κ3) is 1.77. The Morgan fingerprint density at radius 2 is 2.57 bits per heavy atom. The number of carbonyl (C=O) groups is 1. The summed E-state index contributed by atoms with van der Waals surface area (Å²) in [5.74, 6) is -0.0822. The molecular weight excluding hydrogens is 182 g/mol. The Bertz CT molecular complexity index is 310. The molecule has 0 aromatic carbocycles. The van der Waals surface area contributed by atoms with Crippen LogP contribution in [0.4, 0.5) is 0 Å². The third-order valence-electron chi connectivity index (χ3n) is 2.41. The first-order valence-corrected chi connectivity index (χ1v) is 4.74. The molecule has 1 atom stereocenters. The normalized spacial score (nSPS) is 22.4. The molecule has 2 rings (SSSR count). The molecule has 1 saturated heterocycles. The fraction of sp³-hybridized carbons (Fsp3) is 0.556. The van der Waals surface area contributed by atoms with E-state index in [2.05, 4.69) is 10.2 Å². The van der Waals surface area contributed by atoms with Gasteiger partial charge in [0.25, 0.3) is 5.91 Å². The van der Waals surface area contributed by atoms with E-state index in [9.17, 15) is 9.90 Å². The van der Waals surface area contributed by atoms with Crippen LogP contribution in [0.2, 0.25) is 0 Å². The van der Waals surface area contributed by atoms with Gasteiger partial charge in [0.1, 0.15) is 5.69 Å². The summed E-state index contributed by atoms with van der Waals surface area (Å²) in [7, 11) is 0. The highest BCUT2D eigenvalue weighted by molar-refractivity contribution is 5.92. The van der Waals surface area contributed by atoms with Crippen molar-refractivity contribution in [3.8, 4) is 0 Å². The largest absolute Gasteiger partial charge is 0.391 e. The number of β-amino-alcohol motifs (C(OH)–C–C–N with tert-alkyl or cyclic N) is 1. The lowest BCUT2D eigenvalue weighted by Crippen LogP contribution is -2.42. The fourth-order valence-electron chi connectivity index (χ4n) is 1.68. The zero-order chi connectivity index (χ0) is 9.97. The number of piperidine rings is 1. The zero-order valence-corrected chi connectivity index (χ0v) is 7.81. The molecule has 0 aliphatic carbocycles. The lowest BCUT2D eigenvalue weighted by atomic mass is 10.1. The fourth-order valence-corrected chi connectivity index (χ4v) is 1.68. The van der Waals surface area contributed by atoms with Gasteiger partial charge in [0, 0.05) is 19.3 Å². The Labute approximate surface area is 81.7 Å². The number of hydrogen-bond acceptors (Lipinski definition) is 3. The number of nitrogens with zero attached hydrogens (tertiary/aromatic N) is 2. The summed E-state index contributed by atoms with van der Waals surface area (Å²) in [5, 5.41) is 15.8. The van der Waals surface area contributed by atoms with Gasteiger partial charge in [-0.15, -0.1) is 0 Å². The van der Waals surface area contributed by atoms with Crippen LogP contribution in [-0.2, 0) is 0 Å². The summed E-state index contributed by atoms with van der Waals surface area (Å²) < 4.78 is 0. The van der Waals surface area contributed by atoms with E-state index in [1.54, 1.807) is 17.2 Å². The van der Waals surface area contributed by atoms with Crippen molar-refractivity contribution in [3.05, 3.63) is 18.0 Å². The van der Waals surface area contributed by atoms with Crippen molar-refractivity contribution in [3.63, 3.8) is 0 Å². The predicted octanol–water partition coefficient (Wildman–Crippen LogP) is 0.00660. The molecule has 1 aromatic heterocycles. The number of aromatic amines is 1. The van der Waals surface area contributed by atoms with E-state index in [-0.39, 0.29) is 12.0 Å². The summed E-state index contributed by atoms with van der Waals surface area (Å²) in [4.78, 5) is 13.4. The molecule has 1 aliphatic rings. The summed E-state index contributed by atoms with van der Waals surface area (Å²) in [6, 6.07) is 1.64. The van der Waals surface area contributed by atoms with E-state index in [1.165, 1.54) is 0 Å². The summed E-state index contributed by atoms with van der Waals surface area (Å²) in [6.45, 7) is 1.15. The van der Waals surface area contributed by atoms with Gasteiger partial charge in [-0.25, -0.2) is 0 Å². The van der Waals surface area contributed by atoms with Crippen molar-refractivity contribution in [1.29, 1.82) is 0 Å². The van der Waals surface area contributed by atoms with E-state index < -0.39 is 0 Å². The number of nitrogens with one attached hydrogen (secondary N) is 1. The number of aliphatic hydroxyl groups excluding tert-OH is 1. The van der Waals surface area contributed by atoms with E-state index in [0.717, 1.165) is 19.4 Å². The van der Waals surface area contributed by atoms with Crippen LogP contribution in [-0.4, -0.2) is 45.3 Å². The maximum atomic E-state index is 11.7. The molecule has 1 aromatic rings. The number of likely N-dealkylation sites (tertiary alicyclic amines) is 1. The quantitative estimate of drug-likeness (QED) is 0.663. The van der Waals surface area contributed by atoms with Crippen molar-refractivity contribution in [2.45, 2.75) is 18.9 Å². The Kier molecular flexibility index (Phi) is 2.49. The Morgan fingerprint density at radius 3 is 3.21 bits per heavy atom. The number of rotatable bonds is 1. The summed E-state index contributed by atoms with van der Waals surface area (Å²) in [6.07, 6.45) is 2.82. The van der Waals surface area contributed by atoms with Crippen molar-refractivity contribution in [2.24, 2.45) is 0 Å². The summed E-state index contributed by atoms with van der Waals surface area (Å²) in [5.41, 5.74) is 0.485. The molecule has 0 saturated carbocycles. The minimum atomic E-state index is -0.379. The zero-order valence-electron chi connectivity index (χ0n) is 7.81. The number of hydrogen-bond donors (Lipinski definition) is 2. The van der Waals surface area contributed by atoms with Crippen molar-refractivity contribution < 1.29 is 9.90 Å². The molecule has 2 N–H and O–H groups in total. The molecule has 5 heteroatoms. The van der Waals surface area contributed by atoms with Crippen LogP contribution in [0.5, 0.6) is 0 Å². The SMILES string of the molecule is O=C(c1ccn[nH]1)N1CCC[C@H](O)C1. The van der Waals surface area contributed by atoms with Crippen LogP contribution >= 0.6 is 0 Å². The smallest absolute Gasteiger partial charge is 0.271 e. The molecule has 0 spiro atoms. The first-order chi connectivity index (χ1) is 6.77. The van der Waals surface area contributed by atoms with Crippen LogP contribution in [0.3, 0.4) is 0 Å². The summed E-state index contributed by atoms with van der Waals surface area (Å²) >= 11 is 0. The molecule has 2 heterocycles. The number of amides is 1. The van der Waals surface area contributed by atoms with Crippen molar-refractivity contribution in [2.75, 3.05) is 13.1 Å². The minimum absolute atomic E-state index is 0.0822. The predicted molar refractivity (Wildman–Crippen MR) is 49.7 cm³/mol.